The summed E-state index contributed by atoms with van der Waals surface area (Å²) in [6, 6.07) is 9.16. The Bertz CT molecular complexity index is 1150. The number of aromatic hydroxyl groups is 1. The Morgan fingerprint density at radius 3 is 2.44 bits per heavy atom. The minimum absolute atomic E-state index is 0.0399. The number of nitro benzene ring substituents is 1. The van der Waals surface area contributed by atoms with Crippen molar-refractivity contribution < 1.29 is 29.5 Å². The number of aryl methyl sites for hydroxylation is 1. The molecule has 2 aliphatic rings. The molecule has 10 nitrogen and oxygen atoms in total. The quantitative estimate of drug-likeness (QED) is 0.217. The molecule has 178 valence electrons. The van der Waals surface area contributed by atoms with E-state index in [9.17, 15) is 29.9 Å². The Morgan fingerprint density at radius 1 is 1.12 bits per heavy atom. The molecule has 2 aromatic carbocycles. The first-order valence-corrected chi connectivity index (χ1v) is 10.9. The van der Waals surface area contributed by atoms with Crippen LogP contribution in [0.1, 0.15) is 22.7 Å². The van der Waals surface area contributed by atoms with Crippen LogP contribution in [0.4, 0.5) is 5.69 Å². The van der Waals surface area contributed by atoms with Gasteiger partial charge in [0.1, 0.15) is 11.5 Å². The van der Waals surface area contributed by atoms with Crippen LogP contribution in [0, 0.1) is 17.0 Å². The molecule has 0 spiro atoms. The van der Waals surface area contributed by atoms with Crippen LogP contribution in [0.5, 0.6) is 5.75 Å². The summed E-state index contributed by atoms with van der Waals surface area (Å²) in [6.45, 7) is 5.03. The Balaban J connectivity index is 1.78. The standard InChI is InChI=1S/C24H25N3O7/c1-15-2-7-19(28)18(14-15)22(29)20-21(16-3-5-17(6-4-16)27(32)33)26(24(31)23(20)30)9-8-25-10-12-34-13-11-25/h2-7,14,21,28-29H,8-13H2,1H3/b22-20+. The molecule has 2 fully saturated rings. The van der Waals surface area contributed by atoms with Crippen molar-refractivity contribution in [3.8, 4) is 5.75 Å². The first kappa shape index (κ1) is 23.4. The van der Waals surface area contributed by atoms with E-state index >= 15 is 0 Å². The predicted molar refractivity (Wildman–Crippen MR) is 122 cm³/mol. The van der Waals surface area contributed by atoms with Crippen LogP contribution in [0.3, 0.4) is 0 Å². The minimum Gasteiger partial charge on any atom is -0.507 e. The number of rotatable bonds is 6. The number of ketones is 1. The fourth-order valence-corrected chi connectivity index (χ4v) is 4.29. The number of aliphatic hydroxyl groups is 1. The van der Waals surface area contributed by atoms with Crippen LogP contribution in [0.2, 0.25) is 0 Å². The third-order valence-corrected chi connectivity index (χ3v) is 6.13. The molecule has 0 aromatic heterocycles. The largest absolute Gasteiger partial charge is 0.507 e. The number of carbonyl (C=O) groups is 2. The second-order valence-electron chi connectivity index (χ2n) is 8.32. The molecule has 2 aliphatic heterocycles. The van der Waals surface area contributed by atoms with E-state index in [-0.39, 0.29) is 29.1 Å². The topological polar surface area (TPSA) is 133 Å². The van der Waals surface area contributed by atoms with E-state index < -0.39 is 28.4 Å². The lowest BCUT2D eigenvalue weighted by Crippen LogP contribution is -2.42. The lowest BCUT2D eigenvalue weighted by atomic mass is 9.94. The lowest BCUT2D eigenvalue weighted by molar-refractivity contribution is -0.384. The first-order chi connectivity index (χ1) is 16.3. The van der Waals surface area contributed by atoms with Gasteiger partial charge in [-0.25, -0.2) is 0 Å². The third kappa shape index (κ3) is 4.50. The van der Waals surface area contributed by atoms with Gasteiger partial charge in [0, 0.05) is 38.3 Å². The Hall–Kier alpha value is -3.76. The number of benzene rings is 2. The van der Waals surface area contributed by atoms with Gasteiger partial charge in [0.05, 0.1) is 35.3 Å². The van der Waals surface area contributed by atoms with Crippen molar-refractivity contribution in [2.45, 2.75) is 13.0 Å². The van der Waals surface area contributed by atoms with Gasteiger partial charge in [-0.05, 0) is 36.8 Å². The van der Waals surface area contributed by atoms with Gasteiger partial charge in [-0.3, -0.25) is 24.6 Å². The van der Waals surface area contributed by atoms with Crippen LogP contribution in [0.15, 0.2) is 48.0 Å². The summed E-state index contributed by atoms with van der Waals surface area (Å²) >= 11 is 0. The number of carbonyl (C=O) groups excluding carboxylic acids is 2. The predicted octanol–water partition coefficient (Wildman–Crippen LogP) is 2.36. The summed E-state index contributed by atoms with van der Waals surface area (Å²) < 4.78 is 5.35. The summed E-state index contributed by atoms with van der Waals surface area (Å²) in [4.78, 5) is 40.2. The zero-order chi connectivity index (χ0) is 24.4. The molecule has 1 atom stereocenters. The van der Waals surface area contributed by atoms with E-state index in [1.807, 2.05) is 0 Å². The van der Waals surface area contributed by atoms with Crippen LogP contribution in [-0.4, -0.2) is 76.0 Å². The number of hydrogen-bond acceptors (Lipinski definition) is 8. The molecule has 0 saturated carbocycles. The van der Waals surface area contributed by atoms with Gasteiger partial charge in [0.2, 0.25) is 0 Å². The zero-order valence-corrected chi connectivity index (χ0v) is 18.6. The van der Waals surface area contributed by atoms with E-state index in [0.717, 1.165) is 5.56 Å². The third-order valence-electron chi connectivity index (χ3n) is 6.13. The number of nitrogens with zero attached hydrogens (tertiary/aromatic N) is 3. The summed E-state index contributed by atoms with van der Waals surface area (Å²) in [6.07, 6.45) is 0. The molecule has 10 heteroatoms. The van der Waals surface area contributed by atoms with Crippen LogP contribution in [0.25, 0.3) is 5.76 Å². The van der Waals surface area contributed by atoms with E-state index in [4.69, 9.17) is 4.74 Å². The van der Waals surface area contributed by atoms with Crippen molar-refractivity contribution in [1.82, 2.24) is 9.80 Å². The van der Waals surface area contributed by atoms with Crippen LogP contribution in [-0.2, 0) is 14.3 Å². The zero-order valence-electron chi connectivity index (χ0n) is 18.6. The first-order valence-electron chi connectivity index (χ1n) is 10.9. The van der Waals surface area contributed by atoms with Gasteiger partial charge >= 0.3 is 0 Å². The smallest absolute Gasteiger partial charge is 0.295 e. The average molecular weight is 467 g/mol. The molecule has 34 heavy (non-hydrogen) atoms. The molecule has 0 aliphatic carbocycles. The normalized spacial score (nSPS) is 20.6. The average Bonchev–Trinajstić information content (AvgIpc) is 3.09. The van der Waals surface area contributed by atoms with Crippen LogP contribution < -0.4 is 0 Å². The molecule has 1 amide bonds. The van der Waals surface area contributed by atoms with E-state index in [2.05, 4.69) is 4.90 Å². The number of ether oxygens (including phenoxy) is 1. The second kappa shape index (κ2) is 9.62. The molecular weight excluding hydrogens is 442 g/mol. The SMILES string of the molecule is Cc1ccc(O)c(/C(O)=C2\C(=O)C(=O)N(CCN3CCOCC3)C2c2ccc([N+](=O)[O-])cc2)c1. The highest BCUT2D eigenvalue weighted by atomic mass is 16.6. The monoisotopic (exact) mass is 467 g/mol. The number of non-ortho nitro benzene ring substituents is 1. The Kier molecular flexibility index (Phi) is 6.62. The maximum atomic E-state index is 13.1. The minimum atomic E-state index is -0.957. The number of amides is 1. The number of phenols is 1. The highest BCUT2D eigenvalue weighted by Gasteiger charge is 2.46. The molecule has 0 radical (unpaired) electrons. The number of aliphatic hydroxyl groups excluding tert-OH is 1. The number of hydrogen-bond donors (Lipinski definition) is 2. The number of morpholine rings is 1. The van der Waals surface area contributed by atoms with Crippen molar-refractivity contribution in [3.63, 3.8) is 0 Å². The van der Waals surface area contributed by atoms with E-state index in [1.54, 1.807) is 13.0 Å². The molecule has 4 rings (SSSR count). The fraction of sp³-hybridized carbons (Fsp3) is 0.333. The maximum absolute atomic E-state index is 13.1. The second-order valence-corrected chi connectivity index (χ2v) is 8.32. The number of phenolic OH excluding ortho intramolecular Hbond substituents is 1. The molecule has 2 saturated heterocycles. The summed E-state index contributed by atoms with van der Waals surface area (Å²) in [7, 11) is 0. The van der Waals surface area contributed by atoms with E-state index in [0.29, 0.717) is 38.4 Å². The van der Waals surface area contributed by atoms with Crippen molar-refractivity contribution >= 4 is 23.1 Å². The summed E-state index contributed by atoms with van der Waals surface area (Å²) in [5.74, 6) is -2.36. The van der Waals surface area contributed by atoms with Crippen molar-refractivity contribution in [1.29, 1.82) is 0 Å². The fourth-order valence-electron chi connectivity index (χ4n) is 4.29. The van der Waals surface area contributed by atoms with Gasteiger partial charge in [-0.1, -0.05) is 11.6 Å². The molecule has 0 bridgehead atoms. The van der Waals surface area contributed by atoms with Crippen molar-refractivity contribution in [3.05, 3.63) is 74.8 Å². The molecule has 2 heterocycles. The number of likely N-dealkylation sites (tertiary alicyclic amines) is 1. The molecule has 2 N–H and O–H groups in total. The number of Topliss-reactive ketones (excluding diaryl/α,β-unsaturated/α-hetero) is 1. The highest BCUT2D eigenvalue weighted by molar-refractivity contribution is 6.46. The van der Waals surface area contributed by atoms with Crippen molar-refractivity contribution in [2.75, 3.05) is 39.4 Å². The van der Waals surface area contributed by atoms with Gasteiger partial charge < -0.3 is 19.8 Å². The Morgan fingerprint density at radius 2 is 1.79 bits per heavy atom. The Labute approximate surface area is 195 Å². The summed E-state index contributed by atoms with van der Waals surface area (Å²) in [5.41, 5.74) is 0.929. The summed E-state index contributed by atoms with van der Waals surface area (Å²) in [5, 5.41) is 32.5. The molecule has 1 unspecified atom stereocenters. The van der Waals surface area contributed by atoms with Gasteiger partial charge in [0.15, 0.2) is 0 Å². The highest BCUT2D eigenvalue weighted by Crippen LogP contribution is 2.41. The lowest BCUT2D eigenvalue weighted by Gasteiger charge is -2.31. The van der Waals surface area contributed by atoms with Gasteiger partial charge in [0.25, 0.3) is 17.4 Å². The maximum Gasteiger partial charge on any atom is 0.295 e. The molecule has 2 aromatic rings. The number of nitro groups is 1. The van der Waals surface area contributed by atoms with E-state index in [1.165, 1.54) is 41.3 Å². The van der Waals surface area contributed by atoms with Gasteiger partial charge in [-0.2, -0.15) is 0 Å². The van der Waals surface area contributed by atoms with Gasteiger partial charge in [-0.15, -0.1) is 0 Å². The van der Waals surface area contributed by atoms with Crippen molar-refractivity contribution in [2.24, 2.45) is 0 Å². The van der Waals surface area contributed by atoms with Crippen LogP contribution >= 0.6 is 0 Å². The molecular formula is C24H25N3O7.